The first-order chi connectivity index (χ1) is 12.4. The van der Waals surface area contributed by atoms with Crippen LogP contribution >= 0.6 is 0 Å². The summed E-state index contributed by atoms with van der Waals surface area (Å²) in [5.41, 5.74) is 3.60. The summed E-state index contributed by atoms with van der Waals surface area (Å²) in [6.07, 6.45) is 3.19. The number of fused-ring (bicyclic) bond motifs is 1. The molecule has 0 amide bonds. The van der Waals surface area contributed by atoms with Gasteiger partial charge in [0.05, 0.1) is 29.3 Å². The van der Waals surface area contributed by atoms with Crippen LogP contribution in [0.2, 0.25) is 0 Å². The molecule has 1 aliphatic carbocycles. The van der Waals surface area contributed by atoms with Gasteiger partial charge in [0.15, 0.2) is 0 Å². The SMILES string of the molecule is O=C([O-])C[C@H](O)C[C@H](O)/C=C/c1c2c(nn1-c1ccc(F)cc1)CCC2. The first-order valence-electron chi connectivity index (χ1n) is 8.55. The van der Waals surface area contributed by atoms with Crippen LogP contribution in [0.1, 0.15) is 36.2 Å². The fraction of sp³-hybridized carbons (Fsp3) is 0.368. The van der Waals surface area contributed by atoms with Crippen LogP contribution in [-0.4, -0.2) is 38.2 Å². The number of aliphatic carboxylic acids is 1. The molecule has 0 radical (unpaired) electrons. The van der Waals surface area contributed by atoms with Gasteiger partial charge in [0, 0.05) is 24.4 Å². The summed E-state index contributed by atoms with van der Waals surface area (Å²) in [4.78, 5) is 10.5. The van der Waals surface area contributed by atoms with Crippen LogP contribution in [-0.2, 0) is 17.6 Å². The molecular formula is C19H20FN2O4-. The number of hydrogen-bond acceptors (Lipinski definition) is 5. The zero-order valence-electron chi connectivity index (χ0n) is 14.1. The third-order valence-corrected chi connectivity index (χ3v) is 4.41. The quantitative estimate of drug-likeness (QED) is 0.761. The molecule has 0 bridgehead atoms. The Morgan fingerprint density at radius 2 is 2.04 bits per heavy atom. The van der Waals surface area contributed by atoms with E-state index >= 15 is 0 Å². The molecule has 26 heavy (non-hydrogen) atoms. The van der Waals surface area contributed by atoms with E-state index in [1.165, 1.54) is 18.2 Å². The second-order valence-electron chi connectivity index (χ2n) is 6.44. The summed E-state index contributed by atoms with van der Waals surface area (Å²) in [5.74, 6) is -1.69. The summed E-state index contributed by atoms with van der Waals surface area (Å²) in [7, 11) is 0. The third-order valence-electron chi connectivity index (χ3n) is 4.41. The van der Waals surface area contributed by atoms with Crippen LogP contribution in [0.25, 0.3) is 11.8 Å². The molecule has 1 aromatic heterocycles. The molecule has 1 aliphatic rings. The summed E-state index contributed by atoms with van der Waals surface area (Å²) >= 11 is 0. The van der Waals surface area contributed by atoms with E-state index in [0.717, 1.165) is 36.2 Å². The zero-order valence-corrected chi connectivity index (χ0v) is 14.1. The predicted octanol–water partition coefficient (Wildman–Crippen LogP) is 0.765. The number of aryl methyl sites for hydroxylation is 1. The number of halogens is 1. The van der Waals surface area contributed by atoms with Crippen molar-refractivity contribution in [2.45, 2.75) is 44.3 Å². The Kier molecular flexibility index (Phi) is 5.49. The minimum atomic E-state index is -1.36. The van der Waals surface area contributed by atoms with Crippen LogP contribution < -0.4 is 5.11 Å². The number of carbonyl (C=O) groups excluding carboxylic acids is 1. The molecule has 6 nitrogen and oxygen atoms in total. The van der Waals surface area contributed by atoms with E-state index in [4.69, 9.17) is 0 Å². The molecular weight excluding hydrogens is 339 g/mol. The number of aromatic nitrogens is 2. The Morgan fingerprint density at radius 3 is 2.73 bits per heavy atom. The number of benzene rings is 1. The van der Waals surface area contributed by atoms with Crippen molar-refractivity contribution in [2.24, 2.45) is 0 Å². The van der Waals surface area contributed by atoms with E-state index in [1.807, 2.05) is 0 Å². The second kappa shape index (κ2) is 7.80. The number of hydrogen-bond donors (Lipinski definition) is 2. The zero-order chi connectivity index (χ0) is 18.7. The number of carbonyl (C=O) groups is 1. The van der Waals surface area contributed by atoms with Gasteiger partial charge in [0.2, 0.25) is 0 Å². The van der Waals surface area contributed by atoms with Gasteiger partial charge in [-0.05, 0) is 49.6 Å². The first-order valence-corrected chi connectivity index (χ1v) is 8.55. The maximum Gasteiger partial charge on any atom is 0.123 e. The lowest BCUT2D eigenvalue weighted by Gasteiger charge is -2.13. The highest BCUT2D eigenvalue weighted by molar-refractivity contribution is 5.64. The summed E-state index contributed by atoms with van der Waals surface area (Å²) < 4.78 is 14.9. The van der Waals surface area contributed by atoms with Gasteiger partial charge in [0.25, 0.3) is 0 Å². The average Bonchev–Trinajstić information content (AvgIpc) is 3.14. The molecule has 0 saturated heterocycles. The van der Waals surface area contributed by atoms with Crippen molar-refractivity contribution in [1.29, 1.82) is 0 Å². The maximum absolute atomic E-state index is 13.2. The minimum absolute atomic E-state index is 0.0998. The van der Waals surface area contributed by atoms with Crippen molar-refractivity contribution in [2.75, 3.05) is 0 Å². The molecule has 3 rings (SSSR count). The molecule has 1 heterocycles. The van der Waals surface area contributed by atoms with E-state index in [1.54, 1.807) is 22.9 Å². The number of aliphatic hydroxyl groups is 2. The monoisotopic (exact) mass is 359 g/mol. The third kappa shape index (κ3) is 4.17. The Balaban J connectivity index is 1.82. The second-order valence-corrected chi connectivity index (χ2v) is 6.44. The number of carboxylic acids is 1. The summed E-state index contributed by atoms with van der Waals surface area (Å²) in [6, 6.07) is 5.99. The van der Waals surface area contributed by atoms with E-state index < -0.39 is 24.6 Å². The van der Waals surface area contributed by atoms with Crippen molar-refractivity contribution >= 4 is 12.0 Å². The van der Waals surface area contributed by atoms with Gasteiger partial charge in [-0.25, -0.2) is 9.07 Å². The molecule has 0 fully saturated rings. The number of rotatable bonds is 7. The Bertz CT molecular complexity index is 814. The number of nitrogens with zero attached hydrogens (tertiary/aromatic N) is 2. The Hall–Kier alpha value is -2.51. The Labute approximate surface area is 150 Å². The van der Waals surface area contributed by atoms with E-state index in [2.05, 4.69) is 5.10 Å². The van der Waals surface area contributed by atoms with Crippen molar-refractivity contribution in [3.05, 3.63) is 53.1 Å². The van der Waals surface area contributed by atoms with Crippen LogP contribution in [0.5, 0.6) is 0 Å². The van der Waals surface area contributed by atoms with Gasteiger partial charge in [-0.3, -0.25) is 0 Å². The molecule has 0 unspecified atom stereocenters. The first kappa shape index (κ1) is 18.3. The van der Waals surface area contributed by atoms with Gasteiger partial charge in [-0.1, -0.05) is 6.08 Å². The van der Waals surface area contributed by atoms with Crippen molar-refractivity contribution in [3.8, 4) is 5.69 Å². The molecule has 7 heteroatoms. The van der Waals surface area contributed by atoms with Gasteiger partial charge < -0.3 is 20.1 Å². The van der Waals surface area contributed by atoms with Crippen molar-refractivity contribution in [1.82, 2.24) is 9.78 Å². The molecule has 0 aliphatic heterocycles. The number of carboxylic acid groups (broad SMARTS) is 1. The highest BCUT2D eigenvalue weighted by Gasteiger charge is 2.21. The lowest BCUT2D eigenvalue weighted by atomic mass is 10.1. The van der Waals surface area contributed by atoms with Crippen molar-refractivity contribution in [3.63, 3.8) is 0 Å². The standard InChI is InChI=1S/C19H21FN2O4/c20-12-4-6-13(7-5-12)22-18(16-2-1-3-17(16)21-22)9-8-14(23)10-15(24)11-19(25)26/h4-9,14-15,23-24H,1-3,10-11H2,(H,25,26)/p-1/b9-8+/t14-,15-/m1/s1. The maximum atomic E-state index is 13.2. The molecule has 2 aromatic rings. The topological polar surface area (TPSA) is 98.4 Å². The molecule has 1 aromatic carbocycles. The Morgan fingerprint density at radius 1 is 1.31 bits per heavy atom. The highest BCUT2D eigenvalue weighted by atomic mass is 19.1. The molecule has 0 spiro atoms. The van der Waals surface area contributed by atoms with Crippen LogP contribution in [0.4, 0.5) is 4.39 Å². The van der Waals surface area contributed by atoms with Crippen LogP contribution in [0.15, 0.2) is 30.3 Å². The van der Waals surface area contributed by atoms with Crippen molar-refractivity contribution < 1.29 is 24.5 Å². The van der Waals surface area contributed by atoms with Gasteiger partial charge in [-0.2, -0.15) is 5.10 Å². The van der Waals surface area contributed by atoms with Crippen LogP contribution in [0.3, 0.4) is 0 Å². The largest absolute Gasteiger partial charge is 0.550 e. The fourth-order valence-electron chi connectivity index (χ4n) is 3.20. The fourth-order valence-corrected chi connectivity index (χ4v) is 3.20. The lowest BCUT2D eigenvalue weighted by molar-refractivity contribution is -0.307. The lowest BCUT2D eigenvalue weighted by Crippen LogP contribution is -2.29. The average molecular weight is 359 g/mol. The van der Waals surface area contributed by atoms with E-state index in [-0.39, 0.29) is 12.2 Å². The normalized spacial score (nSPS) is 16.0. The molecule has 2 N–H and O–H groups in total. The predicted molar refractivity (Wildman–Crippen MR) is 90.8 cm³/mol. The highest BCUT2D eigenvalue weighted by Crippen LogP contribution is 2.28. The summed E-state index contributed by atoms with van der Waals surface area (Å²) in [5, 5.41) is 34.7. The van der Waals surface area contributed by atoms with E-state index in [9.17, 15) is 24.5 Å². The van der Waals surface area contributed by atoms with Gasteiger partial charge >= 0.3 is 0 Å². The molecule has 2 atom stereocenters. The smallest absolute Gasteiger partial charge is 0.123 e. The van der Waals surface area contributed by atoms with Crippen LogP contribution in [0, 0.1) is 5.82 Å². The van der Waals surface area contributed by atoms with Gasteiger partial charge in [-0.15, -0.1) is 0 Å². The molecule has 0 saturated carbocycles. The van der Waals surface area contributed by atoms with E-state index in [0.29, 0.717) is 5.69 Å². The molecule has 138 valence electrons. The number of aliphatic hydroxyl groups excluding tert-OH is 2. The van der Waals surface area contributed by atoms with Gasteiger partial charge in [0.1, 0.15) is 5.82 Å². The summed E-state index contributed by atoms with van der Waals surface area (Å²) in [6.45, 7) is 0. The minimum Gasteiger partial charge on any atom is -0.550 e.